The molecular weight excluding hydrogens is 300 g/mol. The molecule has 0 radical (unpaired) electrons. The minimum atomic E-state index is 0.532. The predicted octanol–water partition coefficient (Wildman–Crippen LogP) is 2.89. The first-order valence-corrected chi connectivity index (χ1v) is 8.28. The van der Waals surface area contributed by atoms with Crippen molar-refractivity contribution >= 4 is 5.82 Å². The quantitative estimate of drug-likeness (QED) is 0.742. The number of rotatable bonds is 3. The Labute approximate surface area is 141 Å². The molecule has 122 valence electrons. The highest BCUT2D eigenvalue weighted by molar-refractivity contribution is 5.56. The molecule has 1 saturated heterocycles. The maximum absolute atomic E-state index is 4.77. The number of pyridine rings is 1. The molecule has 0 aromatic carbocycles. The smallest absolute Gasteiger partial charge is 0.163 e. The van der Waals surface area contributed by atoms with Gasteiger partial charge >= 0.3 is 0 Å². The van der Waals surface area contributed by atoms with E-state index < -0.39 is 0 Å². The number of nitrogens with zero attached hydrogens (tertiary/aromatic N) is 6. The largest absolute Gasteiger partial charge is 0.356 e. The van der Waals surface area contributed by atoms with E-state index in [1.165, 1.54) is 0 Å². The third-order valence-corrected chi connectivity index (χ3v) is 4.50. The van der Waals surface area contributed by atoms with Gasteiger partial charge in [0.15, 0.2) is 5.82 Å². The molecule has 6 heteroatoms. The van der Waals surface area contributed by atoms with E-state index in [1.807, 2.05) is 37.8 Å². The van der Waals surface area contributed by atoms with Crippen LogP contribution in [0.15, 0.2) is 49.3 Å². The third-order valence-electron chi connectivity index (χ3n) is 4.50. The molecule has 3 aromatic rings. The Hall–Kier alpha value is -2.76. The summed E-state index contributed by atoms with van der Waals surface area (Å²) in [5, 5.41) is 0. The molecular formula is C18H20N6. The van der Waals surface area contributed by atoms with E-state index in [0.717, 1.165) is 48.8 Å². The molecule has 0 amide bonds. The average molecular weight is 320 g/mol. The standard InChI is InChI=1S/C18H20N6/c1-14-11-17(22-18(21-14)15-3-2-6-19-12-15)23-8-4-16(5-9-23)24-10-7-20-13-24/h2-3,6-7,10-13,16H,4-5,8-9H2,1H3. The van der Waals surface area contributed by atoms with Crippen molar-refractivity contribution in [2.24, 2.45) is 0 Å². The van der Waals surface area contributed by atoms with Crippen LogP contribution in [0.5, 0.6) is 0 Å². The van der Waals surface area contributed by atoms with Crippen LogP contribution < -0.4 is 4.90 Å². The molecule has 1 aliphatic heterocycles. The summed E-state index contributed by atoms with van der Waals surface area (Å²) >= 11 is 0. The highest BCUT2D eigenvalue weighted by Crippen LogP contribution is 2.26. The van der Waals surface area contributed by atoms with Gasteiger partial charge in [-0.3, -0.25) is 4.98 Å². The lowest BCUT2D eigenvalue weighted by atomic mass is 10.0. The summed E-state index contributed by atoms with van der Waals surface area (Å²) in [7, 11) is 0. The summed E-state index contributed by atoms with van der Waals surface area (Å²) in [6.07, 6.45) is 11.6. The summed E-state index contributed by atoms with van der Waals surface area (Å²) in [6, 6.07) is 6.51. The zero-order chi connectivity index (χ0) is 16.4. The van der Waals surface area contributed by atoms with E-state index in [0.29, 0.717) is 6.04 Å². The van der Waals surface area contributed by atoms with E-state index in [1.54, 1.807) is 6.20 Å². The second-order valence-corrected chi connectivity index (χ2v) is 6.16. The van der Waals surface area contributed by atoms with Crippen molar-refractivity contribution in [3.05, 3.63) is 55.0 Å². The van der Waals surface area contributed by atoms with Gasteiger partial charge in [0.1, 0.15) is 5.82 Å². The SMILES string of the molecule is Cc1cc(N2CCC(n3ccnc3)CC2)nc(-c2cccnc2)n1. The number of aryl methyl sites for hydroxylation is 1. The molecule has 0 saturated carbocycles. The van der Waals surface area contributed by atoms with Crippen LogP contribution in [0.3, 0.4) is 0 Å². The molecule has 4 heterocycles. The summed E-state index contributed by atoms with van der Waals surface area (Å²) in [5.74, 6) is 1.75. The zero-order valence-corrected chi connectivity index (χ0v) is 13.7. The van der Waals surface area contributed by atoms with Gasteiger partial charge in [-0.15, -0.1) is 0 Å². The first kappa shape index (κ1) is 14.8. The summed E-state index contributed by atoms with van der Waals surface area (Å²) in [4.78, 5) is 20.0. The molecule has 0 bridgehead atoms. The lowest BCUT2D eigenvalue weighted by Gasteiger charge is -2.33. The van der Waals surface area contributed by atoms with Gasteiger partial charge in [-0.25, -0.2) is 15.0 Å². The van der Waals surface area contributed by atoms with E-state index in [-0.39, 0.29) is 0 Å². The van der Waals surface area contributed by atoms with E-state index >= 15 is 0 Å². The van der Waals surface area contributed by atoms with Crippen molar-refractivity contribution < 1.29 is 0 Å². The summed E-state index contributed by atoms with van der Waals surface area (Å²) < 4.78 is 2.21. The van der Waals surface area contributed by atoms with Crippen molar-refractivity contribution in [3.8, 4) is 11.4 Å². The lowest BCUT2D eigenvalue weighted by Crippen LogP contribution is -2.35. The monoisotopic (exact) mass is 320 g/mol. The zero-order valence-electron chi connectivity index (χ0n) is 13.7. The number of hydrogen-bond donors (Lipinski definition) is 0. The van der Waals surface area contributed by atoms with Gasteiger partial charge in [0.25, 0.3) is 0 Å². The Kier molecular flexibility index (Phi) is 3.94. The van der Waals surface area contributed by atoms with Gasteiger partial charge in [0.05, 0.1) is 6.33 Å². The fourth-order valence-electron chi connectivity index (χ4n) is 3.22. The number of piperidine rings is 1. The van der Waals surface area contributed by atoms with Gasteiger partial charge in [-0.2, -0.15) is 0 Å². The Bertz CT molecular complexity index is 792. The Balaban J connectivity index is 1.54. The molecule has 0 atom stereocenters. The molecule has 4 rings (SSSR count). The van der Waals surface area contributed by atoms with Crippen LogP contribution in [-0.2, 0) is 0 Å². The van der Waals surface area contributed by atoms with Crippen LogP contribution in [0.2, 0.25) is 0 Å². The fraction of sp³-hybridized carbons (Fsp3) is 0.333. The van der Waals surface area contributed by atoms with Crippen LogP contribution in [0.1, 0.15) is 24.6 Å². The molecule has 0 aliphatic carbocycles. The number of imidazole rings is 1. The maximum atomic E-state index is 4.77. The maximum Gasteiger partial charge on any atom is 0.163 e. The van der Waals surface area contributed by atoms with E-state index in [2.05, 4.69) is 36.7 Å². The molecule has 0 N–H and O–H groups in total. The molecule has 24 heavy (non-hydrogen) atoms. The minimum Gasteiger partial charge on any atom is -0.356 e. The fourth-order valence-corrected chi connectivity index (χ4v) is 3.22. The van der Waals surface area contributed by atoms with Crippen LogP contribution in [0, 0.1) is 6.92 Å². The number of hydrogen-bond acceptors (Lipinski definition) is 5. The molecule has 1 fully saturated rings. The topological polar surface area (TPSA) is 59.7 Å². The third kappa shape index (κ3) is 2.99. The van der Waals surface area contributed by atoms with Crippen molar-refractivity contribution in [1.82, 2.24) is 24.5 Å². The average Bonchev–Trinajstić information content (AvgIpc) is 3.17. The Morgan fingerprint density at radius 2 is 1.96 bits per heavy atom. The molecule has 3 aromatic heterocycles. The van der Waals surface area contributed by atoms with Crippen LogP contribution in [0.25, 0.3) is 11.4 Å². The van der Waals surface area contributed by atoms with E-state index in [4.69, 9.17) is 4.98 Å². The summed E-state index contributed by atoms with van der Waals surface area (Å²) in [6.45, 7) is 4.00. The lowest BCUT2D eigenvalue weighted by molar-refractivity contribution is 0.394. The molecule has 6 nitrogen and oxygen atoms in total. The molecule has 0 spiro atoms. The van der Waals surface area contributed by atoms with Crippen molar-refractivity contribution in [1.29, 1.82) is 0 Å². The summed E-state index contributed by atoms with van der Waals surface area (Å²) in [5.41, 5.74) is 1.94. The normalized spacial score (nSPS) is 15.6. The van der Waals surface area contributed by atoms with Gasteiger partial charge in [0, 0.05) is 61.2 Å². The van der Waals surface area contributed by atoms with Gasteiger partial charge in [-0.1, -0.05) is 0 Å². The predicted molar refractivity (Wildman–Crippen MR) is 92.7 cm³/mol. The van der Waals surface area contributed by atoms with Gasteiger partial charge < -0.3 is 9.47 Å². The molecule has 0 unspecified atom stereocenters. The number of aromatic nitrogens is 5. The van der Waals surface area contributed by atoms with Crippen molar-refractivity contribution in [3.63, 3.8) is 0 Å². The highest BCUT2D eigenvalue weighted by Gasteiger charge is 2.21. The first-order valence-electron chi connectivity index (χ1n) is 8.28. The van der Waals surface area contributed by atoms with Crippen LogP contribution >= 0.6 is 0 Å². The molecule has 1 aliphatic rings. The van der Waals surface area contributed by atoms with Gasteiger partial charge in [-0.05, 0) is 31.9 Å². The van der Waals surface area contributed by atoms with Crippen LogP contribution in [-0.4, -0.2) is 37.6 Å². The number of anilines is 1. The Morgan fingerprint density at radius 3 is 2.67 bits per heavy atom. The van der Waals surface area contributed by atoms with E-state index in [9.17, 15) is 0 Å². The second-order valence-electron chi connectivity index (χ2n) is 6.16. The Morgan fingerprint density at radius 1 is 1.08 bits per heavy atom. The minimum absolute atomic E-state index is 0.532. The van der Waals surface area contributed by atoms with Crippen LogP contribution in [0.4, 0.5) is 5.82 Å². The highest BCUT2D eigenvalue weighted by atomic mass is 15.2. The first-order chi connectivity index (χ1) is 11.8. The second kappa shape index (κ2) is 6.39. The van der Waals surface area contributed by atoms with Crippen molar-refractivity contribution in [2.45, 2.75) is 25.8 Å². The van der Waals surface area contributed by atoms with Crippen molar-refractivity contribution in [2.75, 3.05) is 18.0 Å². The van der Waals surface area contributed by atoms with Gasteiger partial charge in [0.2, 0.25) is 0 Å².